The first-order valence-electron chi connectivity index (χ1n) is 7.34. The summed E-state index contributed by atoms with van der Waals surface area (Å²) >= 11 is 0. The van der Waals surface area contributed by atoms with Crippen LogP contribution in [0.1, 0.15) is 36.1 Å². The van der Waals surface area contributed by atoms with Crippen molar-refractivity contribution < 1.29 is 4.79 Å². The van der Waals surface area contributed by atoms with Crippen molar-refractivity contribution in [3.8, 4) is 0 Å². The molecule has 3 N–H and O–H groups in total. The molecule has 2 aromatic rings. The Balaban J connectivity index is 1.70. The normalized spacial score (nSPS) is 20.2. The van der Waals surface area contributed by atoms with Crippen LogP contribution in [0.3, 0.4) is 0 Å². The molecule has 1 fully saturated rings. The van der Waals surface area contributed by atoms with Gasteiger partial charge in [0, 0.05) is 30.9 Å². The van der Waals surface area contributed by atoms with Gasteiger partial charge in [0.05, 0.1) is 0 Å². The molecule has 2 atom stereocenters. The number of piperidine rings is 1. The van der Waals surface area contributed by atoms with Crippen molar-refractivity contribution in [2.45, 2.75) is 24.8 Å². The molecule has 0 aliphatic carbocycles. The van der Waals surface area contributed by atoms with Crippen LogP contribution in [-0.4, -0.2) is 34.1 Å². The maximum absolute atomic E-state index is 12.6. The summed E-state index contributed by atoms with van der Waals surface area (Å²) in [5, 5.41) is 7.00. The van der Waals surface area contributed by atoms with Gasteiger partial charge in [0.25, 0.3) is 0 Å². The van der Waals surface area contributed by atoms with Crippen LogP contribution in [0.15, 0.2) is 42.6 Å². The molecule has 5 nitrogen and oxygen atoms in total. The molecule has 5 heteroatoms. The van der Waals surface area contributed by atoms with Gasteiger partial charge < -0.3 is 10.6 Å². The number of aromatic nitrogens is 2. The van der Waals surface area contributed by atoms with E-state index in [9.17, 15) is 4.79 Å². The van der Waals surface area contributed by atoms with Crippen molar-refractivity contribution in [2.75, 3.05) is 13.1 Å². The quantitative estimate of drug-likeness (QED) is 0.902. The second-order valence-corrected chi connectivity index (χ2v) is 5.52. The molecule has 1 aromatic heterocycles. The highest BCUT2D eigenvalue weighted by molar-refractivity contribution is 5.83. The topological polar surface area (TPSA) is 75.0 Å². The SMILES string of the molecule is N[C@H](C(=O)N1CCCC(c2ccn[nH]2)C1)c1ccccc1. The van der Waals surface area contributed by atoms with Crippen molar-refractivity contribution >= 4 is 5.91 Å². The minimum Gasteiger partial charge on any atom is -0.340 e. The number of carbonyl (C=O) groups excluding carboxylic acids is 1. The van der Waals surface area contributed by atoms with Crippen LogP contribution in [0.25, 0.3) is 0 Å². The Kier molecular flexibility index (Phi) is 4.01. The number of rotatable bonds is 3. The number of benzene rings is 1. The first-order chi connectivity index (χ1) is 10.3. The summed E-state index contributed by atoms with van der Waals surface area (Å²) in [5.41, 5.74) is 8.09. The lowest BCUT2D eigenvalue weighted by Gasteiger charge is -2.33. The van der Waals surface area contributed by atoms with Crippen LogP contribution in [0.4, 0.5) is 0 Å². The van der Waals surface area contributed by atoms with Gasteiger partial charge in [-0.25, -0.2) is 0 Å². The van der Waals surface area contributed by atoms with E-state index in [0.29, 0.717) is 12.5 Å². The van der Waals surface area contributed by atoms with E-state index >= 15 is 0 Å². The highest BCUT2D eigenvalue weighted by atomic mass is 16.2. The van der Waals surface area contributed by atoms with E-state index < -0.39 is 6.04 Å². The first kappa shape index (κ1) is 13.8. The Hall–Kier alpha value is -2.14. The fraction of sp³-hybridized carbons (Fsp3) is 0.375. The third kappa shape index (κ3) is 2.97. The maximum Gasteiger partial charge on any atom is 0.244 e. The summed E-state index contributed by atoms with van der Waals surface area (Å²) < 4.78 is 0. The average molecular weight is 284 g/mol. The molecule has 1 amide bonds. The van der Waals surface area contributed by atoms with Crippen LogP contribution in [-0.2, 0) is 4.79 Å². The maximum atomic E-state index is 12.6. The lowest BCUT2D eigenvalue weighted by atomic mass is 9.94. The molecule has 2 heterocycles. The van der Waals surface area contributed by atoms with Gasteiger partial charge >= 0.3 is 0 Å². The van der Waals surface area contributed by atoms with E-state index in [1.54, 1.807) is 6.20 Å². The van der Waals surface area contributed by atoms with Crippen LogP contribution in [0.2, 0.25) is 0 Å². The summed E-state index contributed by atoms with van der Waals surface area (Å²) in [6.07, 6.45) is 3.83. The number of carbonyl (C=O) groups is 1. The molecule has 21 heavy (non-hydrogen) atoms. The molecule has 3 rings (SSSR count). The lowest BCUT2D eigenvalue weighted by molar-refractivity contribution is -0.134. The van der Waals surface area contributed by atoms with Gasteiger partial charge in [0.2, 0.25) is 5.91 Å². The van der Waals surface area contributed by atoms with Gasteiger partial charge in [-0.1, -0.05) is 30.3 Å². The van der Waals surface area contributed by atoms with Crippen molar-refractivity contribution in [3.63, 3.8) is 0 Å². The molecular formula is C16H20N4O. The predicted molar refractivity (Wildman–Crippen MR) is 80.5 cm³/mol. The van der Waals surface area contributed by atoms with E-state index in [0.717, 1.165) is 30.6 Å². The van der Waals surface area contributed by atoms with Crippen molar-refractivity contribution in [3.05, 3.63) is 53.9 Å². The summed E-state index contributed by atoms with van der Waals surface area (Å²) in [6, 6.07) is 11.0. The second kappa shape index (κ2) is 6.10. The third-order valence-corrected chi connectivity index (χ3v) is 4.12. The molecule has 1 aliphatic rings. The molecule has 1 aromatic carbocycles. The molecule has 110 valence electrons. The standard InChI is InChI=1S/C16H20N4O/c17-15(12-5-2-1-3-6-12)16(21)20-10-4-7-13(11-20)14-8-9-18-19-14/h1-3,5-6,8-9,13,15H,4,7,10-11,17H2,(H,18,19)/t13?,15-/m0/s1. The molecule has 0 spiro atoms. The summed E-state index contributed by atoms with van der Waals surface area (Å²) in [5.74, 6) is 0.332. The van der Waals surface area contributed by atoms with Crippen molar-refractivity contribution in [2.24, 2.45) is 5.73 Å². The average Bonchev–Trinajstić information content (AvgIpc) is 3.09. The highest BCUT2D eigenvalue weighted by Crippen LogP contribution is 2.26. The summed E-state index contributed by atoms with van der Waals surface area (Å²) in [6.45, 7) is 1.49. The largest absolute Gasteiger partial charge is 0.340 e. The Labute approximate surface area is 124 Å². The second-order valence-electron chi connectivity index (χ2n) is 5.52. The third-order valence-electron chi connectivity index (χ3n) is 4.12. The van der Waals surface area contributed by atoms with Crippen LogP contribution < -0.4 is 5.73 Å². The van der Waals surface area contributed by atoms with Gasteiger partial charge in [0.1, 0.15) is 6.04 Å². The number of nitrogens with two attached hydrogens (primary N) is 1. The zero-order chi connectivity index (χ0) is 14.7. The fourth-order valence-electron chi connectivity index (χ4n) is 2.92. The molecule has 1 aliphatic heterocycles. The molecule has 1 saturated heterocycles. The van der Waals surface area contributed by atoms with E-state index in [1.165, 1.54) is 0 Å². The Morgan fingerprint density at radius 1 is 1.33 bits per heavy atom. The van der Waals surface area contributed by atoms with E-state index in [1.807, 2.05) is 41.3 Å². The molecule has 0 radical (unpaired) electrons. The monoisotopic (exact) mass is 284 g/mol. The van der Waals surface area contributed by atoms with Gasteiger partial charge in [-0.3, -0.25) is 9.89 Å². The summed E-state index contributed by atoms with van der Waals surface area (Å²) in [7, 11) is 0. The number of likely N-dealkylation sites (tertiary alicyclic amines) is 1. The number of H-pyrrole nitrogens is 1. The molecule has 0 bridgehead atoms. The lowest BCUT2D eigenvalue weighted by Crippen LogP contribution is -2.43. The van der Waals surface area contributed by atoms with Gasteiger partial charge in [-0.2, -0.15) is 5.10 Å². The number of hydrogen-bond donors (Lipinski definition) is 2. The number of aromatic amines is 1. The minimum absolute atomic E-state index is 0.00501. The zero-order valence-electron chi connectivity index (χ0n) is 11.9. The minimum atomic E-state index is -0.577. The Morgan fingerprint density at radius 2 is 2.14 bits per heavy atom. The smallest absolute Gasteiger partial charge is 0.244 e. The summed E-state index contributed by atoms with van der Waals surface area (Å²) in [4.78, 5) is 14.5. The first-order valence-corrected chi connectivity index (χ1v) is 7.34. The predicted octanol–water partition coefficient (Wildman–Crippen LogP) is 1.82. The fourth-order valence-corrected chi connectivity index (χ4v) is 2.92. The van der Waals surface area contributed by atoms with Gasteiger partial charge in [-0.15, -0.1) is 0 Å². The Bertz CT molecular complexity index is 582. The van der Waals surface area contributed by atoms with Crippen molar-refractivity contribution in [1.82, 2.24) is 15.1 Å². The highest BCUT2D eigenvalue weighted by Gasteiger charge is 2.28. The number of nitrogens with one attached hydrogen (secondary N) is 1. The Morgan fingerprint density at radius 3 is 2.86 bits per heavy atom. The van der Waals surface area contributed by atoms with E-state index in [-0.39, 0.29) is 5.91 Å². The van der Waals surface area contributed by atoms with Gasteiger partial charge in [0.15, 0.2) is 0 Å². The zero-order valence-corrected chi connectivity index (χ0v) is 11.9. The van der Waals surface area contributed by atoms with Crippen molar-refractivity contribution in [1.29, 1.82) is 0 Å². The van der Waals surface area contributed by atoms with Crippen LogP contribution in [0.5, 0.6) is 0 Å². The van der Waals surface area contributed by atoms with Crippen LogP contribution in [0, 0.1) is 0 Å². The molecular weight excluding hydrogens is 264 g/mol. The van der Waals surface area contributed by atoms with E-state index in [4.69, 9.17) is 5.73 Å². The number of amides is 1. The number of nitrogens with zero attached hydrogens (tertiary/aromatic N) is 2. The van der Waals surface area contributed by atoms with Crippen LogP contribution >= 0.6 is 0 Å². The molecule has 1 unspecified atom stereocenters. The van der Waals surface area contributed by atoms with Gasteiger partial charge in [-0.05, 0) is 24.5 Å². The van der Waals surface area contributed by atoms with E-state index in [2.05, 4.69) is 10.2 Å². The molecule has 0 saturated carbocycles. The number of hydrogen-bond acceptors (Lipinski definition) is 3.